The fourth-order valence-electron chi connectivity index (χ4n) is 3.39. The second-order valence-corrected chi connectivity index (χ2v) is 12.0. The number of unbranched alkanes of at least 4 members (excludes halogenated alkanes) is 4. The first-order valence-electron chi connectivity index (χ1n) is 10.6. The van der Waals surface area contributed by atoms with Crippen molar-refractivity contribution in [3.8, 4) is 6.07 Å². The van der Waals surface area contributed by atoms with E-state index >= 15 is 0 Å². The summed E-state index contributed by atoms with van der Waals surface area (Å²) in [5, 5.41) is 10.3. The van der Waals surface area contributed by atoms with Crippen LogP contribution in [0.15, 0.2) is 48.5 Å². The lowest BCUT2D eigenvalue weighted by Gasteiger charge is -2.18. The van der Waals surface area contributed by atoms with Crippen LogP contribution in [0.2, 0.25) is 5.02 Å². The van der Waals surface area contributed by atoms with Crippen molar-refractivity contribution in [3.63, 3.8) is 0 Å². The number of hydrogen-bond donors (Lipinski definition) is 0. The molecule has 2 aromatic rings. The van der Waals surface area contributed by atoms with Gasteiger partial charge in [0.15, 0.2) is 9.84 Å². The topological polar surface area (TPSA) is 57.9 Å². The van der Waals surface area contributed by atoms with Gasteiger partial charge in [-0.05, 0) is 62.8 Å². The molecule has 0 aromatic heterocycles. The second-order valence-electron chi connectivity index (χ2n) is 8.78. The first kappa shape index (κ1) is 24.4. The Morgan fingerprint density at radius 3 is 2.20 bits per heavy atom. The van der Waals surface area contributed by atoms with E-state index in [0.717, 1.165) is 49.7 Å². The molecule has 0 amide bonds. The standard InChI is InChI=1S/C25H32ClNO2S/c1-25(2,3)30(28,29)17-11-6-4-5-8-12-20-15-16-22(24(26)18-20)23(19-27)21-13-9-7-10-14-21/h7,9-10,13-16,18,23H,4-6,8,11-12,17H2,1-3H3. The van der Waals surface area contributed by atoms with Crippen molar-refractivity contribution in [1.82, 2.24) is 0 Å². The molecule has 162 valence electrons. The molecule has 1 unspecified atom stereocenters. The molecule has 0 radical (unpaired) electrons. The van der Waals surface area contributed by atoms with Crippen LogP contribution in [0.4, 0.5) is 0 Å². The summed E-state index contributed by atoms with van der Waals surface area (Å²) in [6.45, 7) is 5.28. The van der Waals surface area contributed by atoms with Crippen LogP contribution in [0.3, 0.4) is 0 Å². The van der Waals surface area contributed by atoms with Crippen molar-refractivity contribution in [3.05, 3.63) is 70.2 Å². The van der Waals surface area contributed by atoms with Gasteiger partial charge in [-0.15, -0.1) is 0 Å². The molecule has 0 spiro atoms. The number of nitriles is 1. The minimum absolute atomic E-state index is 0.273. The zero-order valence-electron chi connectivity index (χ0n) is 18.2. The summed E-state index contributed by atoms with van der Waals surface area (Å²) < 4.78 is 23.6. The lowest BCUT2D eigenvalue weighted by molar-refractivity contribution is 0.552. The van der Waals surface area contributed by atoms with Crippen LogP contribution in [0, 0.1) is 11.3 Å². The molecule has 0 aliphatic heterocycles. The van der Waals surface area contributed by atoms with Gasteiger partial charge < -0.3 is 0 Å². The maximum Gasteiger partial charge on any atom is 0.155 e. The molecule has 0 saturated heterocycles. The summed E-state index contributed by atoms with van der Waals surface area (Å²) in [7, 11) is -3.01. The van der Waals surface area contributed by atoms with Crippen LogP contribution < -0.4 is 0 Å². The third kappa shape index (κ3) is 6.86. The van der Waals surface area contributed by atoms with Gasteiger partial charge in [0.25, 0.3) is 0 Å². The second kappa shape index (κ2) is 11.0. The number of aryl methyl sites for hydroxylation is 1. The van der Waals surface area contributed by atoms with Gasteiger partial charge in [-0.3, -0.25) is 0 Å². The molecule has 30 heavy (non-hydrogen) atoms. The molecule has 2 aromatic carbocycles. The van der Waals surface area contributed by atoms with Gasteiger partial charge in [-0.2, -0.15) is 5.26 Å². The molecule has 0 aliphatic rings. The summed E-state index contributed by atoms with van der Waals surface area (Å²) >= 11 is 6.51. The van der Waals surface area contributed by atoms with Crippen molar-refractivity contribution in [2.45, 2.75) is 70.0 Å². The third-order valence-corrected chi connectivity index (χ3v) is 8.47. The molecule has 0 saturated carbocycles. The molecule has 0 fully saturated rings. The minimum Gasteiger partial charge on any atom is -0.228 e. The fourth-order valence-corrected chi connectivity index (χ4v) is 4.90. The van der Waals surface area contributed by atoms with Crippen molar-refractivity contribution in [2.24, 2.45) is 0 Å². The van der Waals surface area contributed by atoms with Gasteiger partial charge in [0, 0.05) is 5.02 Å². The fraction of sp³-hybridized carbons (Fsp3) is 0.480. The molecule has 2 rings (SSSR count). The van der Waals surface area contributed by atoms with Crippen LogP contribution in [0.25, 0.3) is 0 Å². The van der Waals surface area contributed by atoms with E-state index in [-0.39, 0.29) is 11.7 Å². The average molecular weight is 446 g/mol. The molecule has 0 bridgehead atoms. The van der Waals surface area contributed by atoms with Crippen LogP contribution in [-0.4, -0.2) is 18.9 Å². The Balaban J connectivity index is 1.80. The van der Waals surface area contributed by atoms with Gasteiger partial charge in [-0.1, -0.05) is 73.3 Å². The smallest absolute Gasteiger partial charge is 0.155 e. The zero-order chi connectivity index (χ0) is 22.2. The number of rotatable bonds is 10. The lowest BCUT2D eigenvalue weighted by atomic mass is 9.91. The summed E-state index contributed by atoms with van der Waals surface area (Å²) in [4.78, 5) is 0. The third-order valence-electron chi connectivity index (χ3n) is 5.45. The molecular weight excluding hydrogens is 414 g/mol. The van der Waals surface area contributed by atoms with E-state index in [1.54, 1.807) is 20.8 Å². The van der Waals surface area contributed by atoms with Gasteiger partial charge in [-0.25, -0.2) is 8.42 Å². The highest BCUT2D eigenvalue weighted by Gasteiger charge is 2.27. The Labute approximate surface area is 187 Å². The van der Waals surface area contributed by atoms with E-state index in [4.69, 9.17) is 11.6 Å². The summed E-state index contributed by atoms with van der Waals surface area (Å²) in [5.41, 5.74) is 2.96. The van der Waals surface area contributed by atoms with E-state index in [0.29, 0.717) is 5.02 Å². The summed E-state index contributed by atoms with van der Waals surface area (Å²) in [5.74, 6) is -0.0909. The lowest BCUT2D eigenvalue weighted by Crippen LogP contribution is -2.30. The van der Waals surface area contributed by atoms with Crippen molar-refractivity contribution in [2.75, 3.05) is 5.75 Å². The van der Waals surface area contributed by atoms with Crippen molar-refractivity contribution >= 4 is 21.4 Å². The predicted octanol–water partition coefficient (Wildman–Crippen LogP) is 6.70. The first-order chi connectivity index (χ1) is 14.2. The van der Waals surface area contributed by atoms with Gasteiger partial charge >= 0.3 is 0 Å². The molecular formula is C25H32ClNO2S. The van der Waals surface area contributed by atoms with Crippen LogP contribution in [0.5, 0.6) is 0 Å². The molecule has 3 nitrogen and oxygen atoms in total. The monoisotopic (exact) mass is 445 g/mol. The Hall–Kier alpha value is -1.83. The minimum atomic E-state index is -3.01. The van der Waals surface area contributed by atoms with E-state index < -0.39 is 14.6 Å². The molecule has 0 N–H and O–H groups in total. The van der Waals surface area contributed by atoms with E-state index in [1.165, 1.54) is 5.56 Å². The number of hydrogen-bond acceptors (Lipinski definition) is 3. The Kier molecular flexibility index (Phi) is 8.94. The number of benzene rings is 2. The summed E-state index contributed by atoms with van der Waals surface area (Å²) in [6, 6.07) is 18.1. The highest BCUT2D eigenvalue weighted by molar-refractivity contribution is 7.92. The summed E-state index contributed by atoms with van der Waals surface area (Å²) in [6.07, 6.45) is 5.76. The Morgan fingerprint density at radius 1 is 0.967 bits per heavy atom. The van der Waals surface area contributed by atoms with Gasteiger partial charge in [0.1, 0.15) is 0 Å². The number of nitrogens with zero attached hydrogens (tertiary/aromatic N) is 1. The number of halogens is 1. The molecule has 0 aliphatic carbocycles. The predicted molar refractivity (Wildman–Crippen MR) is 126 cm³/mol. The van der Waals surface area contributed by atoms with Gasteiger partial charge in [0.2, 0.25) is 0 Å². The van der Waals surface area contributed by atoms with Gasteiger partial charge in [0.05, 0.1) is 22.5 Å². The van der Waals surface area contributed by atoms with Crippen LogP contribution in [-0.2, 0) is 16.3 Å². The normalized spacial score (nSPS) is 13.0. The zero-order valence-corrected chi connectivity index (χ0v) is 19.8. The maximum absolute atomic E-state index is 12.1. The van der Waals surface area contributed by atoms with E-state index in [1.807, 2.05) is 42.5 Å². The largest absolute Gasteiger partial charge is 0.228 e. The van der Waals surface area contributed by atoms with E-state index in [2.05, 4.69) is 12.1 Å². The number of sulfone groups is 1. The van der Waals surface area contributed by atoms with Crippen molar-refractivity contribution < 1.29 is 8.42 Å². The molecule has 5 heteroatoms. The molecule has 0 heterocycles. The quantitative estimate of drug-likeness (QED) is 0.382. The SMILES string of the molecule is CC(C)(C)S(=O)(=O)CCCCCCCc1ccc(C(C#N)c2ccccc2)c(Cl)c1. The molecule has 1 atom stereocenters. The maximum atomic E-state index is 12.1. The highest BCUT2D eigenvalue weighted by Crippen LogP contribution is 2.31. The van der Waals surface area contributed by atoms with Crippen LogP contribution in [0.1, 0.15) is 75.5 Å². The highest BCUT2D eigenvalue weighted by atomic mass is 35.5. The van der Waals surface area contributed by atoms with E-state index in [9.17, 15) is 13.7 Å². The average Bonchev–Trinajstić information content (AvgIpc) is 2.69. The first-order valence-corrected chi connectivity index (χ1v) is 12.6. The van der Waals surface area contributed by atoms with Crippen molar-refractivity contribution in [1.29, 1.82) is 5.26 Å². The Bertz CT molecular complexity index is 957. The van der Waals surface area contributed by atoms with Crippen LogP contribution >= 0.6 is 11.6 Å². The Morgan fingerprint density at radius 2 is 1.60 bits per heavy atom.